The normalized spacial score (nSPS) is 28.0. The number of hydrogen-bond donors (Lipinski definition) is 4. The van der Waals surface area contributed by atoms with Crippen LogP contribution in [0.3, 0.4) is 0 Å². The van der Waals surface area contributed by atoms with E-state index in [0.717, 1.165) is 0 Å². The Morgan fingerprint density at radius 2 is 1.83 bits per heavy atom. The van der Waals surface area contributed by atoms with E-state index in [1.165, 1.54) is 35.1 Å². The third kappa shape index (κ3) is 3.17. The maximum Gasteiger partial charge on any atom is 0.238 e. The highest BCUT2D eigenvalue weighted by molar-refractivity contribution is 7.89. The number of nitrogens with two attached hydrogens (primary N) is 1. The van der Waals surface area contributed by atoms with Gasteiger partial charge in [-0.15, -0.1) is 5.10 Å². The van der Waals surface area contributed by atoms with Crippen LogP contribution in [0.1, 0.15) is 6.23 Å². The van der Waals surface area contributed by atoms with Gasteiger partial charge in [-0.05, 0) is 12.1 Å². The van der Waals surface area contributed by atoms with Gasteiger partial charge in [0.15, 0.2) is 6.23 Å². The van der Waals surface area contributed by atoms with Gasteiger partial charge in [0.2, 0.25) is 10.0 Å². The van der Waals surface area contributed by atoms with Crippen molar-refractivity contribution in [2.24, 2.45) is 5.14 Å². The van der Waals surface area contributed by atoms with E-state index in [1.54, 1.807) is 0 Å². The van der Waals surface area contributed by atoms with E-state index in [-0.39, 0.29) is 11.5 Å². The van der Waals surface area contributed by atoms with Crippen LogP contribution in [0.25, 0.3) is 11.3 Å². The Labute approximate surface area is 137 Å². The molecule has 0 amide bonds. The van der Waals surface area contributed by atoms with Crippen molar-refractivity contribution in [2.45, 2.75) is 29.4 Å². The summed E-state index contributed by atoms with van der Waals surface area (Å²) in [6.07, 6.45) is -3.42. The molecule has 0 aliphatic carbocycles. The highest BCUT2D eigenvalue weighted by Crippen LogP contribution is 2.25. The van der Waals surface area contributed by atoms with Crippen LogP contribution in [-0.2, 0) is 14.8 Å². The standard InChI is InChI=1S/C13H16N4O6S/c14-24(21,22)8-3-1-7(2-4-8)9-5-17(16-15-9)13-12(20)11(19)10(18)6-23-13/h1-5,10-13,18-20H,6H2,(H2,14,21,22)/t10-,11-,12+,13+/m1/s1. The lowest BCUT2D eigenvalue weighted by Gasteiger charge is -2.34. The molecule has 2 heterocycles. The number of aliphatic hydroxyl groups is 3. The summed E-state index contributed by atoms with van der Waals surface area (Å²) in [6, 6.07) is 5.72. The van der Waals surface area contributed by atoms with Gasteiger partial charge in [-0.1, -0.05) is 17.3 Å². The van der Waals surface area contributed by atoms with Crippen molar-refractivity contribution in [1.29, 1.82) is 0 Å². The Hall–Kier alpha value is -1.89. The summed E-state index contributed by atoms with van der Waals surface area (Å²) >= 11 is 0. The molecule has 10 nitrogen and oxygen atoms in total. The first-order valence-electron chi connectivity index (χ1n) is 6.98. The average molecular weight is 356 g/mol. The molecule has 24 heavy (non-hydrogen) atoms. The maximum absolute atomic E-state index is 11.2. The van der Waals surface area contributed by atoms with E-state index < -0.39 is 34.6 Å². The van der Waals surface area contributed by atoms with E-state index in [1.807, 2.05) is 0 Å². The number of aliphatic hydroxyl groups excluding tert-OH is 3. The molecule has 3 rings (SSSR count). The van der Waals surface area contributed by atoms with Crippen LogP contribution in [0, 0.1) is 0 Å². The Balaban J connectivity index is 1.83. The molecule has 0 radical (unpaired) electrons. The zero-order chi connectivity index (χ0) is 17.5. The summed E-state index contributed by atoms with van der Waals surface area (Å²) < 4.78 is 29.0. The Kier molecular flexibility index (Phi) is 4.38. The number of hydrogen-bond acceptors (Lipinski definition) is 8. The molecule has 1 aliphatic heterocycles. The van der Waals surface area contributed by atoms with E-state index in [4.69, 9.17) is 9.88 Å². The van der Waals surface area contributed by atoms with E-state index in [0.29, 0.717) is 11.3 Å². The molecular weight excluding hydrogens is 340 g/mol. The van der Waals surface area contributed by atoms with Gasteiger partial charge in [-0.3, -0.25) is 0 Å². The van der Waals surface area contributed by atoms with Crippen LogP contribution in [0.2, 0.25) is 0 Å². The monoisotopic (exact) mass is 356 g/mol. The van der Waals surface area contributed by atoms with Crippen LogP contribution in [-0.4, -0.2) is 63.7 Å². The largest absolute Gasteiger partial charge is 0.388 e. The summed E-state index contributed by atoms with van der Waals surface area (Å²) in [5.74, 6) is 0. The van der Waals surface area contributed by atoms with E-state index in [9.17, 15) is 23.7 Å². The molecule has 11 heteroatoms. The predicted molar refractivity (Wildman–Crippen MR) is 79.8 cm³/mol. The maximum atomic E-state index is 11.2. The second-order valence-electron chi connectivity index (χ2n) is 5.43. The molecule has 1 fully saturated rings. The molecule has 130 valence electrons. The van der Waals surface area contributed by atoms with Crippen molar-refractivity contribution in [1.82, 2.24) is 15.0 Å². The molecule has 2 aromatic rings. The lowest BCUT2D eigenvalue weighted by molar-refractivity contribution is -0.214. The number of primary sulfonamides is 1. The fourth-order valence-corrected chi connectivity index (χ4v) is 2.89. The minimum atomic E-state index is -3.78. The highest BCUT2D eigenvalue weighted by Gasteiger charge is 2.39. The summed E-state index contributed by atoms with van der Waals surface area (Å²) in [6.45, 7) is -0.152. The van der Waals surface area contributed by atoms with Gasteiger partial charge in [0.1, 0.15) is 24.0 Å². The second kappa shape index (κ2) is 6.20. The van der Waals surface area contributed by atoms with Crippen molar-refractivity contribution in [3.05, 3.63) is 30.5 Å². The second-order valence-corrected chi connectivity index (χ2v) is 6.99. The quantitative estimate of drug-likeness (QED) is 0.501. The van der Waals surface area contributed by atoms with Gasteiger partial charge < -0.3 is 20.1 Å². The lowest BCUT2D eigenvalue weighted by Crippen LogP contribution is -2.50. The van der Waals surface area contributed by atoms with Crippen molar-refractivity contribution in [3.63, 3.8) is 0 Å². The summed E-state index contributed by atoms with van der Waals surface area (Å²) in [5, 5.41) is 41.9. The number of ether oxygens (including phenoxy) is 1. The fraction of sp³-hybridized carbons (Fsp3) is 0.385. The predicted octanol–water partition coefficient (Wildman–Crippen LogP) is -1.80. The zero-order valence-electron chi connectivity index (χ0n) is 12.3. The topological polar surface area (TPSA) is 161 Å². The smallest absolute Gasteiger partial charge is 0.238 e. The summed E-state index contributed by atoms with van der Waals surface area (Å²) in [7, 11) is -3.78. The highest BCUT2D eigenvalue weighted by atomic mass is 32.2. The molecule has 0 bridgehead atoms. The number of benzene rings is 1. The minimum absolute atomic E-state index is 0.0261. The zero-order valence-corrected chi connectivity index (χ0v) is 13.1. The van der Waals surface area contributed by atoms with E-state index >= 15 is 0 Å². The van der Waals surface area contributed by atoms with Crippen molar-refractivity contribution >= 4 is 10.0 Å². The SMILES string of the molecule is NS(=O)(=O)c1ccc(-c2cn([C@H]3OC[C@@H](O)[C@@H](O)[C@@H]3O)nn2)cc1. The first-order chi connectivity index (χ1) is 11.3. The first kappa shape index (κ1) is 17.0. The number of rotatable bonds is 3. The Bertz CT molecular complexity index is 821. The Morgan fingerprint density at radius 3 is 2.46 bits per heavy atom. The first-order valence-corrected chi connectivity index (χ1v) is 8.53. The molecular formula is C13H16N4O6S. The summed E-state index contributed by atoms with van der Waals surface area (Å²) in [4.78, 5) is -0.0261. The van der Waals surface area contributed by atoms with Crippen molar-refractivity contribution < 1.29 is 28.5 Å². The van der Waals surface area contributed by atoms with Crippen molar-refractivity contribution in [3.8, 4) is 11.3 Å². The molecule has 0 spiro atoms. The Morgan fingerprint density at radius 1 is 1.17 bits per heavy atom. The third-order valence-electron chi connectivity index (χ3n) is 3.72. The van der Waals surface area contributed by atoms with Gasteiger partial charge in [0, 0.05) is 5.56 Å². The molecule has 0 unspecified atom stereocenters. The van der Waals surface area contributed by atoms with Crippen LogP contribution in [0.5, 0.6) is 0 Å². The van der Waals surface area contributed by atoms with Crippen LogP contribution >= 0.6 is 0 Å². The van der Waals surface area contributed by atoms with Gasteiger partial charge in [-0.2, -0.15) is 0 Å². The van der Waals surface area contributed by atoms with E-state index in [2.05, 4.69) is 10.3 Å². The number of nitrogens with zero attached hydrogens (tertiary/aromatic N) is 3. The van der Waals surface area contributed by atoms with Crippen molar-refractivity contribution in [2.75, 3.05) is 6.61 Å². The van der Waals surface area contributed by atoms with Gasteiger partial charge in [0.05, 0.1) is 17.7 Å². The molecule has 5 N–H and O–H groups in total. The van der Waals surface area contributed by atoms with Gasteiger partial charge >= 0.3 is 0 Å². The molecule has 1 saturated heterocycles. The third-order valence-corrected chi connectivity index (χ3v) is 4.65. The molecule has 1 aromatic heterocycles. The minimum Gasteiger partial charge on any atom is -0.388 e. The van der Waals surface area contributed by atoms with Crippen LogP contribution < -0.4 is 5.14 Å². The molecule has 1 aliphatic rings. The average Bonchev–Trinajstić information content (AvgIpc) is 3.02. The number of aromatic nitrogens is 3. The molecule has 0 saturated carbocycles. The summed E-state index contributed by atoms with van der Waals surface area (Å²) in [5.41, 5.74) is 0.993. The molecule has 4 atom stereocenters. The number of sulfonamides is 1. The van der Waals surface area contributed by atoms with Gasteiger partial charge in [-0.25, -0.2) is 18.2 Å². The molecule has 1 aromatic carbocycles. The van der Waals surface area contributed by atoms with Crippen LogP contribution in [0.15, 0.2) is 35.4 Å². The van der Waals surface area contributed by atoms with Gasteiger partial charge in [0.25, 0.3) is 0 Å². The fourth-order valence-electron chi connectivity index (χ4n) is 2.37. The lowest BCUT2D eigenvalue weighted by atomic mass is 10.0. The van der Waals surface area contributed by atoms with Crippen LogP contribution in [0.4, 0.5) is 0 Å².